The van der Waals surface area contributed by atoms with Gasteiger partial charge in [-0.05, 0) is 0 Å². The zero-order valence-corrected chi connectivity index (χ0v) is 7.36. The third-order valence-electron chi connectivity index (χ3n) is 1.13. The van der Waals surface area contributed by atoms with Crippen molar-refractivity contribution in [1.29, 1.82) is 0 Å². The van der Waals surface area contributed by atoms with Crippen molar-refractivity contribution in [1.82, 2.24) is 5.32 Å². The number of carbonyl (C=O) groups is 3. The van der Waals surface area contributed by atoms with Crippen LogP contribution in [0.4, 0.5) is 0 Å². The number of carbonyl (C=O) groups excluding carboxylic acids is 2. The lowest BCUT2D eigenvalue weighted by Gasteiger charge is -2.12. The topological polar surface area (TPSA) is 92.7 Å². The minimum Gasteiger partial charge on any atom is -0.480 e. The second-order valence-corrected chi connectivity index (χ2v) is 2.39. The Kier molecular flexibility index (Phi) is 4.50. The molecular formula is C7H11NO5. The standard InChI is InChI=1S/C7H11NO5/c1-4(9)8-6(7(11)12)3-13-5(2)10/h6H,3H2,1-2H3,(H,8,9)(H,11,12). The van der Waals surface area contributed by atoms with Crippen LogP contribution in [-0.2, 0) is 19.1 Å². The molecule has 6 heteroatoms. The van der Waals surface area contributed by atoms with E-state index in [1.54, 1.807) is 0 Å². The molecule has 0 heterocycles. The fourth-order valence-electron chi connectivity index (χ4n) is 0.621. The van der Waals surface area contributed by atoms with Gasteiger partial charge in [0.2, 0.25) is 5.91 Å². The Balaban J connectivity index is 4.02. The fraction of sp³-hybridized carbons (Fsp3) is 0.571. The minimum atomic E-state index is -1.24. The molecule has 2 N–H and O–H groups in total. The Morgan fingerprint density at radius 3 is 2.23 bits per heavy atom. The number of amides is 1. The molecule has 0 spiro atoms. The van der Waals surface area contributed by atoms with Crippen LogP contribution in [0.25, 0.3) is 0 Å². The van der Waals surface area contributed by atoms with Crippen LogP contribution in [-0.4, -0.2) is 35.6 Å². The van der Waals surface area contributed by atoms with E-state index in [2.05, 4.69) is 10.1 Å². The number of hydrogen-bond donors (Lipinski definition) is 2. The number of carboxylic acid groups (broad SMARTS) is 1. The predicted molar refractivity (Wildman–Crippen MR) is 41.9 cm³/mol. The lowest BCUT2D eigenvalue weighted by molar-refractivity contribution is -0.148. The number of nitrogens with one attached hydrogen (secondary N) is 1. The van der Waals surface area contributed by atoms with Crippen molar-refractivity contribution in [2.45, 2.75) is 19.9 Å². The Bertz CT molecular complexity index is 225. The molecule has 0 fully saturated rings. The summed E-state index contributed by atoms with van der Waals surface area (Å²) in [5.41, 5.74) is 0. The van der Waals surface area contributed by atoms with Crippen molar-refractivity contribution in [2.75, 3.05) is 6.61 Å². The number of esters is 1. The van der Waals surface area contributed by atoms with E-state index in [1.165, 1.54) is 6.92 Å². The summed E-state index contributed by atoms with van der Waals surface area (Å²) in [6.45, 7) is 1.99. The summed E-state index contributed by atoms with van der Waals surface area (Å²) in [5.74, 6) is -2.31. The Morgan fingerprint density at radius 2 is 1.92 bits per heavy atom. The summed E-state index contributed by atoms with van der Waals surface area (Å²) < 4.78 is 4.43. The highest BCUT2D eigenvalue weighted by Crippen LogP contribution is 1.87. The van der Waals surface area contributed by atoms with Crippen molar-refractivity contribution < 1.29 is 24.2 Å². The van der Waals surface area contributed by atoms with Crippen LogP contribution >= 0.6 is 0 Å². The SMILES string of the molecule is CC(=O)NC(COC(C)=O)C(=O)O. The first kappa shape index (κ1) is 11.4. The first-order valence-electron chi connectivity index (χ1n) is 3.56. The van der Waals surface area contributed by atoms with Gasteiger partial charge in [-0.2, -0.15) is 0 Å². The highest BCUT2D eigenvalue weighted by molar-refractivity contribution is 5.82. The highest BCUT2D eigenvalue weighted by Gasteiger charge is 2.19. The third-order valence-corrected chi connectivity index (χ3v) is 1.13. The molecule has 0 aromatic carbocycles. The van der Waals surface area contributed by atoms with Crippen LogP contribution in [0.2, 0.25) is 0 Å². The first-order valence-corrected chi connectivity index (χ1v) is 3.56. The van der Waals surface area contributed by atoms with Crippen LogP contribution in [0.15, 0.2) is 0 Å². The monoisotopic (exact) mass is 189 g/mol. The van der Waals surface area contributed by atoms with Crippen molar-refractivity contribution in [3.63, 3.8) is 0 Å². The van der Waals surface area contributed by atoms with Gasteiger partial charge in [-0.25, -0.2) is 4.79 Å². The average Bonchev–Trinajstić information content (AvgIpc) is 1.96. The van der Waals surface area contributed by atoms with Crippen LogP contribution in [0.5, 0.6) is 0 Å². The largest absolute Gasteiger partial charge is 0.480 e. The fourth-order valence-corrected chi connectivity index (χ4v) is 0.621. The lowest BCUT2D eigenvalue weighted by atomic mass is 10.3. The smallest absolute Gasteiger partial charge is 0.329 e. The molecule has 0 aliphatic carbocycles. The van der Waals surface area contributed by atoms with E-state index in [0.717, 1.165) is 6.92 Å². The van der Waals surface area contributed by atoms with Crippen molar-refractivity contribution >= 4 is 17.8 Å². The molecular weight excluding hydrogens is 178 g/mol. The van der Waals surface area contributed by atoms with Crippen LogP contribution < -0.4 is 5.32 Å². The second kappa shape index (κ2) is 5.13. The van der Waals surface area contributed by atoms with Gasteiger partial charge in [0.05, 0.1) is 0 Å². The maximum atomic E-state index is 10.5. The molecule has 1 amide bonds. The molecule has 0 aromatic rings. The number of rotatable bonds is 4. The Labute approximate surface area is 74.9 Å². The maximum absolute atomic E-state index is 10.5. The van der Waals surface area contributed by atoms with Gasteiger partial charge in [0.1, 0.15) is 6.61 Å². The van der Waals surface area contributed by atoms with Gasteiger partial charge in [-0.15, -0.1) is 0 Å². The molecule has 0 aliphatic heterocycles. The van der Waals surface area contributed by atoms with E-state index >= 15 is 0 Å². The Morgan fingerprint density at radius 1 is 1.38 bits per heavy atom. The van der Waals surface area contributed by atoms with Gasteiger partial charge in [-0.1, -0.05) is 0 Å². The molecule has 1 atom stereocenters. The average molecular weight is 189 g/mol. The van der Waals surface area contributed by atoms with E-state index in [-0.39, 0.29) is 6.61 Å². The molecule has 74 valence electrons. The summed E-state index contributed by atoms with van der Waals surface area (Å²) in [6.07, 6.45) is 0. The lowest BCUT2D eigenvalue weighted by Crippen LogP contribution is -2.43. The van der Waals surface area contributed by atoms with E-state index in [0.29, 0.717) is 0 Å². The molecule has 0 rings (SSSR count). The number of ether oxygens (including phenoxy) is 1. The molecule has 1 unspecified atom stereocenters. The normalized spacial score (nSPS) is 11.5. The summed E-state index contributed by atoms with van der Waals surface area (Å²) >= 11 is 0. The number of aliphatic carboxylic acids is 1. The molecule has 0 aliphatic rings. The minimum absolute atomic E-state index is 0.357. The summed E-state index contributed by atoms with van der Waals surface area (Å²) in [6, 6.07) is -1.18. The van der Waals surface area contributed by atoms with Gasteiger partial charge < -0.3 is 15.2 Å². The molecule has 6 nitrogen and oxygen atoms in total. The molecule has 0 saturated carbocycles. The van der Waals surface area contributed by atoms with E-state index in [1.807, 2.05) is 0 Å². The summed E-state index contributed by atoms with van der Waals surface area (Å²) in [4.78, 5) is 31.3. The maximum Gasteiger partial charge on any atom is 0.329 e. The molecule has 0 saturated heterocycles. The summed E-state index contributed by atoms with van der Waals surface area (Å²) in [7, 11) is 0. The van der Waals surface area contributed by atoms with Crippen molar-refractivity contribution in [3.05, 3.63) is 0 Å². The number of carboxylic acids is 1. The molecule has 0 radical (unpaired) electrons. The van der Waals surface area contributed by atoms with Gasteiger partial charge in [0.25, 0.3) is 0 Å². The van der Waals surface area contributed by atoms with Gasteiger partial charge in [-0.3, -0.25) is 9.59 Å². The molecule has 0 bridgehead atoms. The van der Waals surface area contributed by atoms with E-state index in [9.17, 15) is 14.4 Å². The van der Waals surface area contributed by atoms with E-state index < -0.39 is 23.9 Å². The summed E-state index contributed by atoms with van der Waals surface area (Å²) in [5, 5.41) is 10.6. The molecule has 0 aromatic heterocycles. The number of hydrogen-bond acceptors (Lipinski definition) is 4. The second-order valence-electron chi connectivity index (χ2n) is 2.39. The van der Waals surface area contributed by atoms with Gasteiger partial charge in [0, 0.05) is 13.8 Å². The van der Waals surface area contributed by atoms with Gasteiger partial charge >= 0.3 is 11.9 Å². The third kappa shape index (κ3) is 5.66. The van der Waals surface area contributed by atoms with Crippen LogP contribution in [0, 0.1) is 0 Å². The zero-order valence-electron chi connectivity index (χ0n) is 7.36. The first-order chi connectivity index (χ1) is 5.93. The molecule has 13 heavy (non-hydrogen) atoms. The predicted octanol–water partition coefficient (Wildman–Crippen LogP) is -0.861. The van der Waals surface area contributed by atoms with E-state index in [4.69, 9.17) is 5.11 Å². The van der Waals surface area contributed by atoms with Crippen LogP contribution in [0.1, 0.15) is 13.8 Å². The van der Waals surface area contributed by atoms with Crippen molar-refractivity contribution in [3.8, 4) is 0 Å². The zero-order chi connectivity index (χ0) is 10.4. The highest BCUT2D eigenvalue weighted by atomic mass is 16.5. The Hall–Kier alpha value is -1.59. The van der Waals surface area contributed by atoms with Crippen molar-refractivity contribution in [2.24, 2.45) is 0 Å². The van der Waals surface area contributed by atoms with Gasteiger partial charge in [0.15, 0.2) is 6.04 Å². The van der Waals surface area contributed by atoms with Crippen LogP contribution in [0.3, 0.4) is 0 Å². The quantitative estimate of drug-likeness (QED) is 0.561.